The summed E-state index contributed by atoms with van der Waals surface area (Å²) >= 11 is 0. The van der Waals surface area contributed by atoms with Crippen LogP contribution in [0.15, 0.2) is 69.1 Å². The molecule has 2 aliphatic heterocycles. The van der Waals surface area contributed by atoms with Crippen molar-refractivity contribution in [3.8, 4) is 34.0 Å². The molecule has 2 aromatic heterocycles. The summed E-state index contributed by atoms with van der Waals surface area (Å²) < 4.78 is 5.61. The predicted octanol–water partition coefficient (Wildman–Crippen LogP) is 8.06. The Morgan fingerprint density at radius 2 is 0.646 bits per heavy atom. The van der Waals surface area contributed by atoms with Crippen LogP contribution in [-0.4, -0.2) is 220 Å². The van der Waals surface area contributed by atoms with Crippen LogP contribution in [-0.2, 0) is 26.2 Å². The summed E-state index contributed by atoms with van der Waals surface area (Å²) in [5.74, 6) is -0.277. The van der Waals surface area contributed by atoms with Crippen LogP contribution in [0.1, 0.15) is 142 Å². The number of hydrogen-bond donors (Lipinski definition) is 3. The van der Waals surface area contributed by atoms with Crippen molar-refractivity contribution in [2.75, 3.05) is 162 Å². The van der Waals surface area contributed by atoms with E-state index in [1.54, 1.807) is 24.3 Å². The van der Waals surface area contributed by atoms with Gasteiger partial charge in [-0.25, -0.2) is 0 Å². The lowest BCUT2D eigenvalue weighted by Gasteiger charge is -2.23. The van der Waals surface area contributed by atoms with Gasteiger partial charge >= 0.3 is 0 Å². The van der Waals surface area contributed by atoms with Crippen molar-refractivity contribution in [1.29, 1.82) is 0 Å². The topological polar surface area (TPSA) is 222 Å². The number of nitrogens with one attached hydrogen (secondary N) is 1. The largest absolute Gasteiger partial charge is 0.494 e. The Kier molecular flexibility index (Phi) is 31.1. The number of aromatic nitrogens is 4. The van der Waals surface area contributed by atoms with Crippen LogP contribution < -0.4 is 49.4 Å². The molecular formula is C77H120N14O8. The first-order chi connectivity index (χ1) is 47.9. The molecule has 0 amide bonds. The Morgan fingerprint density at radius 3 is 1.04 bits per heavy atom. The van der Waals surface area contributed by atoms with E-state index in [1.165, 1.54) is 18.3 Å². The molecule has 0 saturated carbocycles. The zero-order valence-corrected chi connectivity index (χ0v) is 62.8. The van der Waals surface area contributed by atoms with Gasteiger partial charge in [0.05, 0.1) is 38.0 Å². The molecule has 4 aliphatic rings. The molecule has 99 heavy (non-hydrogen) atoms. The van der Waals surface area contributed by atoms with Gasteiger partial charge in [-0.05, 0) is 213 Å². The summed E-state index contributed by atoms with van der Waals surface area (Å²) in [6, 6.07) is 8.69. The molecule has 4 aromatic rings. The number of rotatable bonds is 43. The molecule has 0 saturated heterocycles. The van der Waals surface area contributed by atoms with Gasteiger partial charge in [0.1, 0.15) is 0 Å². The molecule has 22 nitrogen and oxygen atoms in total. The van der Waals surface area contributed by atoms with Crippen molar-refractivity contribution < 1.29 is 10.2 Å². The molecule has 3 N–H and O–H groups in total. The van der Waals surface area contributed by atoms with Crippen molar-refractivity contribution >= 4 is 48.8 Å². The van der Waals surface area contributed by atoms with Crippen molar-refractivity contribution in [1.82, 2.24) is 52.6 Å². The molecule has 546 valence electrons. The van der Waals surface area contributed by atoms with E-state index in [0.29, 0.717) is 147 Å². The molecule has 22 heteroatoms. The minimum absolute atomic E-state index is 0.134. The number of pyridine rings is 4. The Balaban J connectivity index is 0.000000283. The lowest BCUT2D eigenvalue weighted by atomic mass is 9.89. The summed E-state index contributed by atoms with van der Waals surface area (Å²) in [6.45, 7) is 51.4. The van der Waals surface area contributed by atoms with Gasteiger partial charge in [-0.15, -0.1) is 0 Å². The average molecular weight is 1370 g/mol. The molecule has 0 radical (unpaired) electrons. The fraction of sp³-hybridized carbons (Fsp3) is 0.636. The first-order valence-electron chi connectivity index (χ1n) is 37.8. The smallest absolute Gasteiger partial charge is 0.263 e. The van der Waals surface area contributed by atoms with E-state index in [1.807, 2.05) is 6.07 Å². The second-order valence-corrected chi connectivity index (χ2v) is 26.1. The summed E-state index contributed by atoms with van der Waals surface area (Å²) in [6.07, 6.45) is 5.16. The second kappa shape index (κ2) is 38.8. The number of benzene rings is 4. The average Bonchev–Trinajstić information content (AvgIpc) is 0.713. The molecule has 2 aliphatic carbocycles. The first-order valence-corrected chi connectivity index (χ1v) is 37.8. The maximum atomic E-state index is 14.6. The molecular weight excluding hydrogens is 1250 g/mol. The lowest BCUT2D eigenvalue weighted by Crippen LogP contribution is -2.38. The van der Waals surface area contributed by atoms with Crippen LogP contribution in [0.3, 0.4) is 0 Å². The quantitative estimate of drug-likeness (QED) is 0.0243. The van der Waals surface area contributed by atoms with E-state index in [0.717, 1.165) is 157 Å². The maximum Gasteiger partial charge on any atom is 0.263 e. The SMILES string of the molecule is CCN(CC)CCCN=c1cc2c(=O)n(CCCN(CC)CC)c(=O)c3c(NCCCN(CC)CC)cc4c(O)n(CCCN(CC)CC)c(=O)c1c4c3-2.CCN(CC)CCCN=c1cc2c(=O)n(CCCN(CC)CC)c(=O)c3ccc4c(O)n(CCCN(CC)CC)c(=O)c1c4c3-2. The molecule has 8 rings (SSSR count). The minimum atomic E-state index is -0.378. The van der Waals surface area contributed by atoms with Gasteiger partial charge in [-0.3, -0.25) is 57.0 Å². The highest BCUT2D eigenvalue weighted by Crippen LogP contribution is 2.41. The molecule has 0 unspecified atom stereocenters. The van der Waals surface area contributed by atoms with Crippen molar-refractivity contribution in [2.24, 2.45) is 9.98 Å². The van der Waals surface area contributed by atoms with Gasteiger partial charge in [0, 0.05) is 89.6 Å². The van der Waals surface area contributed by atoms with Gasteiger partial charge in [-0.1, -0.05) is 96.9 Å². The molecule has 2 aromatic carbocycles. The van der Waals surface area contributed by atoms with Crippen molar-refractivity contribution in [3.63, 3.8) is 0 Å². The van der Waals surface area contributed by atoms with E-state index in [4.69, 9.17) is 9.98 Å². The van der Waals surface area contributed by atoms with Crippen LogP contribution in [0.25, 0.3) is 65.3 Å². The van der Waals surface area contributed by atoms with Crippen LogP contribution in [0.5, 0.6) is 11.8 Å². The van der Waals surface area contributed by atoms with E-state index in [9.17, 15) is 39.0 Å². The van der Waals surface area contributed by atoms with Crippen LogP contribution in [0, 0.1) is 0 Å². The summed E-state index contributed by atoms with van der Waals surface area (Å²) in [5.41, 5.74) is 0.0200. The molecule has 0 atom stereocenters. The number of hydrogen-bond acceptors (Lipinski definition) is 18. The Hall–Kier alpha value is -6.92. The number of nitrogens with zero attached hydrogens (tertiary/aromatic N) is 13. The number of aromatic hydroxyl groups is 2. The molecule has 0 bridgehead atoms. The predicted molar refractivity (Wildman–Crippen MR) is 410 cm³/mol. The third kappa shape index (κ3) is 18.2. The fourth-order valence-corrected chi connectivity index (χ4v) is 14.5. The Bertz CT molecular complexity index is 4250. The third-order valence-electron chi connectivity index (χ3n) is 20.9. The van der Waals surface area contributed by atoms with E-state index in [2.05, 4.69) is 137 Å². The number of anilines is 1. The highest BCUT2D eigenvalue weighted by atomic mass is 16.3. The van der Waals surface area contributed by atoms with Crippen molar-refractivity contribution in [3.05, 3.63) is 103 Å². The summed E-state index contributed by atoms with van der Waals surface area (Å²) in [5, 5.41) is 31.2. The van der Waals surface area contributed by atoms with Crippen LogP contribution >= 0.6 is 0 Å². The zero-order chi connectivity index (χ0) is 72.0. The van der Waals surface area contributed by atoms with Gasteiger partial charge in [0.15, 0.2) is 0 Å². The highest BCUT2D eigenvalue weighted by molar-refractivity contribution is 6.19. The van der Waals surface area contributed by atoms with E-state index >= 15 is 0 Å². The Morgan fingerprint density at radius 1 is 0.333 bits per heavy atom. The monoisotopic (exact) mass is 1370 g/mol. The molecule has 0 fully saturated rings. The van der Waals surface area contributed by atoms with Gasteiger partial charge < -0.3 is 49.8 Å². The van der Waals surface area contributed by atoms with E-state index in [-0.39, 0.29) is 51.7 Å². The van der Waals surface area contributed by atoms with Crippen LogP contribution in [0.2, 0.25) is 0 Å². The minimum Gasteiger partial charge on any atom is -0.494 e. The van der Waals surface area contributed by atoms with Gasteiger partial charge in [-0.2, -0.15) is 0 Å². The highest BCUT2D eigenvalue weighted by Gasteiger charge is 2.31. The normalized spacial score (nSPS) is 12.8. The lowest BCUT2D eigenvalue weighted by molar-refractivity contribution is 0.289. The van der Waals surface area contributed by atoms with E-state index < -0.39 is 0 Å². The summed E-state index contributed by atoms with van der Waals surface area (Å²) in [7, 11) is 0. The third-order valence-corrected chi connectivity index (χ3v) is 20.9. The summed E-state index contributed by atoms with van der Waals surface area (Å²) in [4.78, 5) is 112. The van der Waals surface area contributed by atoms with Crippen LogP contribution in [0.4, 0.5) is 5.69 Å². The standard InChI is InChI=1S/C42H68N8O4.C35H52N6O4/c1-9-45(10-2)23-17-21-43-33-29-31-36-35-32(40(52)49(41(53)37(33)35)27-19-25-47(13-5)14-6)30-34(44-22-18-24-46(11-3)12-4)38(36)42(54)50(39(31)51)28-20-26-48(15-7)16-8;1-7-37(8-2)19-13-18-36-28-24-27-29-25(32(42)40(34(27)44)22-14-20-38(9-3)10-4)16-17-26-30(29)31(28)35(45)41(33(26)43)23-15-21-39(11-5)12-6/h29-30,43,51H,9-28H2,1-8H3;16-17,24,43H,7-15,18-23H2,1-6H3. The molecule has 0 spiro atoms. The first kappa shape index (κ1) is 79.4. The Labute approximate surface area is 586 Å². The van der Waals surface area contributed by atoms with Gasteiger partial charge in [0.25, 0.3) is 33.4 Å². The fourth-order valence-electron chi connectivity index (χ4n) is 14.5. The maximum absolute atomic E-state index is 14.6. The molecule has 4 heterocycles. The second-order valence-electron chi connectivity index (χ2n) is 26.1. The van der Waals surface area contributed by atoms with Gasteiger partial charge in [0.2, 0.25) is 11.8 Å². The zero-order valence-electron chi connectivity index (χ0n) is 62.8. The van der Waals surface area contributed by atoms with Crippen molar-refractivity contribution in [2.45, 2.75) is 168 Å².